The lowest BCUT2D eigenvalue weighted by Gasteiger charge is -2.36. The molecule has 1 unspecified atom stereocenters. The average molecular weight is 352 g/mol. The number of amides is 1. The molecule has 1 aliphatic rings. The molecule has 25 heavy (non-hydrogen) atoms. The Morgan fingerprint density at radius 3 is 2.28 bits per heavy atom. The van der Waals surface area contributed by atoms with Gasteiger partial charge < -0.3 is 14.6 Å². The molecule has 0 spiro atoms. The molecule has 1 atom stereocenters. The maximum absolute atomic E-state index is 11.9. The van der Waals surface area contributed by atoms with Crippen molar-refractivity contribution in [2.24, 2.45) is 0 Å². The monoisotopic (exact) mass is 352 g/mol. The molecule has 0 bridgehead atoms. The number of methoxy groups -OCH3 is 2. The Morgan fingerprint density at radius 1 is 1.24 bits per heavy atom. The van der Waals surface area contributed by atoms with Gasteiger partial charge in [-0.1, -0.05) is 19.3 Å². The van der Waals surface area contributed by atoms with Crippen LogP contribution in [0.1, 0.15) is 50.6 Å². The summed E-state index contributed by atoms with van der Waals surface area (Å²) in [5, 5.41) is 21.2. The number of ether oxygens (including phenoxy) is 2. The highest BCUT2D eigenvalue weighted by Gasteiger charge is 2.34. The second-order valence-electron chi connectivity index (χ2n) is 6.18. The molecule has 0 heterocycles. The van der Waals surface area contributed by atoms with E-state index in [1.165, 1.54) is 31.3 Å². The first kappa shape index (κ1) is 18.8. The summed E-state index contributed by atoms with van der Waals surface area (Å²) in [7, 11) is 2.84. The molecule has 0 saturated heterocycles. The van der Waals surface area contributed by atoms with E-state index in [-0.39, 0.29) is 17.5 Å². The Morgan fingerprint density at radius 2 is 1.80 bits per heavy atom. The van der Waals surface area contributed by atoms with Crippen LogP contribution >= 0.6 is 0 Å². The first-order valence-corrected chi connectivity index (χ1v) is 8.32. The minimum atomic E-state index is -1.07. The largest absolute Gasteiger partial charge is 0.493 e. The summed E-state index contributed by atoms with van der Waals surface area (Å²) in [6.45, 7) is 1.68. The maximum Gasteiger partial charge on any atom is 0.408 e. The zero-order chi connectivity index (χ0) is 18.6. The van der Waals surface area contributed by atoms with Gasteiger partial charge in [0.2, 0.25) is 0 Å². The number of carboxylic acid groups (broad SMARTS) is 1. The van der Waals surface area contributed by atoms with Gasteiger partial charge in [-0.05, 0) is 25.8 Å². The summed E-state index contributed by atoms with van der Waals surface area (Å²) in [4.78, 5) is 24.2. The van der Waals surface area contributed by atoms with Crippen molar-refractivity contribution in [3.63, 3.8) is 0 Å². The Labute approximate surface area is 146 Å². The van der Waals surface area contributed by atoms with Crippen LogP contribution < -0.4 is 9.47 Å². The van der Waals surface area contributed by atoms with Crippen LogP contribution in [-0.4, -0.2) is 41.3 Å². The Kier molecular flexibility index (Phi) is 6.06. The van der Waals surface area contributed by atoms with Gasteiger partial charge in [0, 0.05) is 6.04 Å². The highest BCUT2D eigenvalue weighted by molar-refractivity contribution is 5.67. The van der Waals surface area contributed by atoms with Crippen molar-refractivity contribution < 1.29 is 24.3 Å². The number of benzene rings is 1. The molecular formula is C17H24N2O6. The molecule has 1 aromatic rings. The van der Waals surface area contributed by atoms with Crippen molar-refractivity contribution in [2.75, 3.05) is 14.2 Å². The predicted octanol–water partition coefficient (Wildman–Crippen LogP) is 3.99. The minimum absolute atomic E-state index is 0.131. The SMILES string of the molecule is COc1cc(C(C)N(C(=O)O)C2CCCCC2)c([N+](=O)[O-])cc1OC. The molecule has 1 amide bonds. The molecule has 8 nitrogen and oxygen atoms in total. The van der Waals surface area contributed by atoms with Crippen molar-refractivity contribution in [3.05, 3.63) is 27.8 Å². The zero-order valence-corrected chi connectivity index (χ0v) is 14.7. The molecule has 1 fully saturated rings. The Bertz CT molecular complexity index is 642. The number of nitro benzene ring substituents is 1. The lowest BCUT2D eigenvalue weighted by atomic mass is 9.92. The third-order valence-corrected chi connectivity index (χ3v) is 4.79. The van der Waals surface area contributed by atoms with E-state index in [0.29, 0.717) is 11.3 Å². The van der Waals surface area contributed by atoms with Gasteiger partial charge in [0.25, 0.3) is 5.69 Å². The van der Waals surface area contributed by atoms with Gasteiger partial charge in [-0.3, -0.25) is 15.0 Å². The Hall–Kier alpha value is -2.51. The Balaban J connectivity index is 2.48. The topological polar surface area (TPSA) is 102 Å². The molecule has 138 valence electrons. The quantitative estimate of drug-likeness (QED) is 0.613. The second kappa shape index (κ2) is 8.04. The minimum Gasteiger partial charge on any atom is -0.493 e. The molecule has 1 N–H and O–H groups in total. The third-order valence-electron chi connectivity index (χ3n) is 4.79. The molecule has 1 aromatic carbocycles. The molecule has 0 aliphatic heterocycles. The summed E-state index contributed by atoms with van der Waals surface area (Å²) in [5.74, 6) is 0.577. The van der Waals surface area contributed by atoms with Crippen LogP contribution in [0.15, 0.2) is 12.1 Å². The van der Waals surface area contributed by atoms with Crippen LogP contribution in [0, 0.1) is 10.1 Å². The van der Waals surface area contributed by atoms with Crippen molar-refractivity contribution in [1.29, 1.82) is 0 Å². The van der Waals surface area contributed by atoms with E-state index in [0.717, 1.165) is 32.1 Å². The van der Waals surface area contributed by atoms with E-state index >= 15 is 0 Å². The van der Waals surface area contributed by atoms with Crippen molar-refractivity contribution in [1.82, 2.24) is 4.90 Å². The van der Waals surface area contributed by atoms with E-state index in [1.807, 2.05) is 0 Å². The van der Waals surface area contributed by atoms with Crippen molar-refractivity contribution in [2.45, 2.75) is 51.1 Å². The third kappa shape index (κ3) is 3.94. The number of nitro groups is 1. The summed E-state index contributed by atoms with van der Waals surface area (Å²) in [6.07, 6.45) is 3.51. The summed E-state index contributed by atoms with van der Waals surface area (Å²) in [6, 6.07) is 1.99. The van der Waals surface area contributed by atoms with Gasteiger partial charge in [0.05, 0.1) is 36.8 Å². The first-order valence-electron chi connectivity index (χ1n) is 8.32. The van der Waals surface area contributed by atoms with Crippen LogP contribution in [0.25, 0.3) is 0 Å². The fourth-order valence-electron chi connectivity index (χ4n) is 3.52. The first-order chi connectivity index (χ1) is 11.9. The number of rotatable bonds is 6. The second-order valence-corrected chi connectivity index (χ2v) is 6.18. The molecule has 0 radical (unpaired) electrons. The lowest BCUT2D eigenvalue weighted by Crippen LogP contribution is -2.42. The van der Waals surface area contributed by atoms with E-state index in [9.17, 15) is 20.0 Å². The van der Waals surface area contributed by atoms with Crippen molar-refractivity contribution >= 4 is 11.8 Å². The van der Waals surface area contributed by atoms with Gasteiger partial charge in [-0.2, -0.15) is 0 Å². The molecule has 8 heteroatoms. The van der Waals surface area contributed by atoms with Gasteiger partial charge in [-0.25, -0.2) is 4.79 Å². The number of nitrogens with zero attached hydrogens (tertiary/aromatic N) is 2. The fourth-order valence-corrected chi connectivity index (χ4v) is 3.52. The van der Waals surface area contributed by atoms with Crippen LogP contribution in [0.2, 0.25) is 0 Å². The zero-order valence-electron chi connectivity index (χ0n) is 14.7. The predicted molar refractivity (Wildman–Crippen MR) is 91.4 cm³/mol. The standard InChI is InChI=1S/C17H24N2O6/c1-11(18(17(20)21)12-7-5-4-6-8-12)13-9-15(24-2)16(25-3)10-14(13)19(22)23/h9-12H,4-8H2,1-3H3,(H,20,21). The van der Waals surface area contributed by atoms with Crippen LogP contribution in [0.5, 0.6) is 11.5 Å². The van der Waals surface area contributed by atoms with Gasteiger partial charge in [0.15, 0.2) is 11.5 Å². The normalized spacial score (nSPS) is 16.1. The van der Waals surface area contributed by atoms with E-state index < -0.39 is 17.1 Å². The van der Waals surface area contributed by atoms with E-state index in [1.54, 1.807) is 6.92 Å². The van der Waals surface area contributed by atoms with Gasteiger partial charge in [-0.15, -0.1) is 0 Å². The van der Waals surface area contributed by atoms with Gasteiger partial charge in [0.1, 0.15) is 0 Å². The highest BCUT2D eigenvalue weighted by atomic mass is 16.6. The smallest absolute Gasteiger partial charge is 0.408 e. The summed E-state index contributed by atoms with van der Waals surface area (Å²) >= 11 is 0. The highest BCUT2D eigenvalue weighted by Crippen LogP contribution is 2.40. The molecule has 1 saturated carbocycles. The molecular weight excluding hydrogens is 328 g/mol. The summed E-state index contributed by atoms with van der Waals surface area (Å²) in [5.41, 5.74) is 0.128. The molecule has 2 rings (SSSR count). The van der Waals surface area contributed by atoms with E-state index in [4.69, 9.17) is 9.47 Å². The molecule has 1 aliphatic carbocycles. The van der Waals surface area contributed by atoms with Crippen LogP contribution in [0.4, 0.5) is 10.5 Å². The van der Waals surface area contributed by atoms with Crippen molar-refractivity contribution in [3.8, 4) is 11.5 Å². The lowest BCUT2D eigenvalue weighted by molar-refractivity contribution is -0.386. The van der Waals surface area contributed by atoms with Crippen LogP contribution in [0.3, 0.4) is 0 Å². The fraction of sp³-hybridized carbons (Fsp3) is 0.588. The number of hydrogen-bond donors (Lipinski definition) is 1. The number of carbonyl (C=O) groups is 1. The summed E-state index contributed by atoms with van der Waals surface area (Å²) < 4.78 is 10.4. The maximum atomic E-state index is 11.9. The molecule has 0 aromatic heterocycles. The number of hydrogen-bond acceptors (Lipinski definition) is 5. The van der Waals surface area contributed by atoms with Gasteiger partial charge >= 0.3 is 6.09 Å². The average Bonchev–Trinajstić information content (AvgIpc) is 2.61. The van der Waals surface area contributed by atoms with E-state index in [2.05, 4.69) is 0 Å². The van der Waals surface area contributed by atoms with Crippen LogP contribution in [-0.2, 0) is 0 Å².